The number of nitrogens with zero attached hydrogens (tertiary/aromatic N) is 4. The Morgan fingerprint density at radius 3 is 2.76 bits per heavy atom. The number of benzene rings is 2. The molecule has 2 aromatic carbocycles. The van der Waals surface area contributed by atoms with E-state index in [2.05, 4.69) is 15.6 Å². The van der Waals surface area contributed by atoms with Gasteiger partial charge in [-0.2, -0.15) is 0 Å². The fourth-order valence-corrected chi connectivity index (χ4v) is 3.46. The minimum absolute atomic E-state index is 0.0387. The first-order valence-corrected chi connectivity index (χ1v) is 9.82. The van der Waals surface area contributed by atoms with E-state index in [9.17, 15) is 14.9 Å². The molecule has 29 heavy (non-hydrogen) atoms. The van der Waals surface area contributed by atoms with E-state index >= 15 is 0 Å². The molecule has 0 fully saturated rings. The summed E-state index contributed by atoms with van der Waals surface area (Å²) < 4.78 is 1.50. The van der Waals surface area contributed by atoms with Crippen LogP contribution in [-0.2, 0) is 10.5 Å². The Morgan fingerprint density at radius 1 is 1.28 bits per heavy atom. The van der Waals surface area contributed by atoms with E-state index in [0.717, 1.165) is 5.56 Å². The number of rotatable bonds is 7. The highest BCUT2D eigenvalue weighted by atomic mass is 35.5. The number of nitrogens with one attached hydrogen (secondary N) is 1. The van der Waals surface area contributed by atoms with Crippen molar-refractivity contribution >= 4 is 41.0 Å². The first kappa shape index (κ1) is 20.6. The van der Waals surface area contributed by atoms with Crippen molar-refractivity contribution in [2.45, 2.75) is 17.8 Å². The van der Waals surface area contributed by atoms with Gasteiger partial charge in [-0.1, -0.05) is 59.8 Å². The average molecular weight is 430 g/mol. The van der Waals surface area contributed by atoms with Crippen LogP contribution in [0, 0.1) is 17.0 Å². The number of amides is 1. The summed E-state index contributed by atoms with van der Waals surface area (Å²) in [5.41, 5.74) is 4.09. The topological polar surface area (TPSA) is 103 Å². The quantitative estimate of drug-likeness (QED) is 0.261. The van der Waals surface area contributed by atoms with Gasteiger partial charge in [0.1, 0.15) is 10.8 Å². The summed E-state index contributed by atoms with van der Waals surface area (Å²) in [7, 11) is 0. The Labute approximate surface area is 175 Å². The average Bonchev–Trinajstić information content (AvgIpc) is 3.06. The summed E-state index contributed by atoms with van der Waals surface area (Å²) in [6.45, 7) is 1.73. The number of thioether (sulfide) groups is 1. The van der Waals surface area contributed by atoms with E-state index in [1.54, 1.807) is 13.0 Å². The molecule has 0 saturated carbocycles. The Balaban J connectivity index is 1.68. The molecule has 0 saturated heterocycles. The molecule has 10 heteroatoms. The van der Waals surface area contributed by atoms with E-state index in [0.29, 0.717) is 22.3 Å². The first-order valence-electron chi connectivity index (χ1n) is 8.46. The molecule has 0 radical (unpaired) electrons. The van der Waals surface area contributed by atoms with Gasteiger partial charge in [0.25, 0.3) is 11.6 Å². The number of nitro groups is 1. The lowest BCUT2D eigenvalue weighted by atomic mass is 10.2. The Morgan fingerprint density at radius 2 is 2.03 bits per heavy atom. The number of hydrogen-bond acceptors (Lipinski definition) is 6. The van der Waals surface area contributed by atoms with Crippen LogP contribution in [0.25, 0.3) is 6.08 Å². The van der Waals surface area contributed by atoms with Gasteiger partial charge in [-0.15, -0.1) is 10.2 Å². The molecule has 1 N–H and O–H groups in total. The van der Waals surface area contributed by atoms with Gasteiger partial charge in [-0.3, -0.25) is 20.3 Å². The number of aromatic nitrogens is 3. The van der Waals surface area contributed by atoms with Gasteiger partial charge < -0.3 is 0 Å². The minimum Gasteiger partial charge on any atom is -0.268 e. The van der Waals surface area contributed by atoms with Crippen LogP contribution in [0.3, 0.4) is 0 Å². The fourth-order valence-electron chi connectivity index (χ4n) is 2.38. The SMILES string of the molecule is Cc1nnc(SCc2ccccc2)n1NC(=O)C=Cc1ccc(Cl)c([N+](=O)[O-])c1. The smallest absolute Gasteiger partial charge is 0.268 e. The lowest BCUT2D eigenvalue weighted by Gasteiger charge is -2.08. The molecule has 0 aliphatic rings. The number of nitro benzene ring substituents is 1. The highest BCUT2D eigenvalue weighted by Gasteiger charge is 2.13. The molecule has 3 rings (SSSR count). The molecule has 0 aliphatic carbocycles. The summed E-state index contributed by atoms with van der Waals surface area (Å²) in [6, 6.07) is 14.2. The summed E-state index contributed by atoms with van der Waals surface area (Å²) in [6.07, 6.45) is 2.74. The monoisotopic (exact) mass is 429 g/mol. The summed E-state index contributed by atoms with van der Waals surface area (Å²) in [4.78, 5) is 22.7. The van der Waals surface area contributed by atoms with E-state index in [1.807, 2.05) is 30.3 Å². The van der Waals surface area contributed by atoms with Crippen LogP contribution in [0.1, 0.15) is 17.0 Å². The second-order valence-corrected chi connectivity index (χ2v) is 7.27. The molecule has 0 unspecified atom stereocenters. The molecule has 0 atom stereocenters. The number of carbonyl (C=O) groups excluding carboxylic acids is 1. The lowest BCUT2D eigenvalue weighted by molar-refractivity contribution is -0.384. The zero-order chi connectivity index (χ0) is 20.8. The number of halogens is 1. The van der Waals surface area contributed by atoms with Crippen LogP contribution in [0.2, 0.25) is 5.02 Å². The molecule has 3 aromatic rings. The van der Waals surface area contributed by atoms with Crippen LogP contribution in [0.5, 0.6) is 0 Å². The van der Waals surface area contributed by atoms with Gasteiger partial charge in [0.05, 0.1) is 4.92 Å². The van der Waals surface area contributed by atoms with Crippen molar-refractivity contribution in [2.24, 2.45) is 0 Å². The predicted octanol–water partition coefficient (Wildman–Crippen LogP) is 4.22. The van der Waals surface area contributed by atoms with Crippen LogP contribution in [0.4, 0.5) is 5.69 Å². The molecule has 0 aliphatic heterocycles. The molecule has 1 heterocycles. The molecule has 148 valence electrons. The van der Waals surface area contributed by atoms with Gasteiger partial charge in [0.15, 0.2) is 0 Å². The number of carbonyl (C=O) groups is 1. The third-order valence-corrected chi connectivity index (χ3v) is 5.14. The summed E-state index contributed by atoms with van der Waals surface area (Å²) >= 11 is 7.24. The van der Waals surface area contributed by atoms with Crippen LogP contribution < -0.4 is 5.43 Å². The highest BCUT2D eigenvalue weighted by Crippen LogP contribution is 2.25. The third-order valence-electron chi connectivity index (χ3n) is 3.82. The Bertz CT molecular complexity index is 1070. The maximum atomic E-state index is 12.3. The number of hydrogen-bond donors (Lipinski definition) is 1. The number of aryl methyl sites for hydroxylation is 1. The van der Waals surface area contributed by atoms with Crippen molar-refractivity contribution in [1.82, 2.24) is 14.9 Å². The van der Waals surface area contributed by atoms with Crippen molar-refractivity contribution in [1.29, 1.82) is 0 Å². The largest absolute Gasteiger partial charge is 0.288 e. The molecule has 0 spiro atoms. The molecule has 0 bridgehead atoms. The summed E-state index contributed by atoms with van der Waals surface area (Å²) in [5, 5.41) is 19.6. The molecule has 1 amide bonds. The molecule has 1 aromatic heterocycles. The van der Waals surface area contributed by atoms with Crippen molar-refractivity contribution in [2.75, 3.05) is 5.43 Å². The van der Waals surface area contributed by atoms with E-state index < -0.39 is 10.8 Å². The minimum atomic E-state index is -0.573. The highest BCUT2D eigenvalue weighted by molar-refractivity contribution is 7.98. The van der Waals surface area contributed by atoms with Crippen LogP contribution in [0.15, 0.2) is 59.8 Å². The van der Waals surface area contributed by atoms with Crippen molar-refractivity contribution in [3.8, 4) is 0 Å². The van der Waals surface area contributed by atoms with Crippen LogP contribution >= 0.6 is 23.4 Å². The normalized spacial score (nSPS) is 11.0. The fraction of sp³-hybridized carbons (Fsp3) is 0.105. The van der Waals surface area contributed by atoms with E-state index in [4.69, 9.17) is 11.6 Å². The van der Waals surface area contributed by atoms with Gasteiger partial charge in [-0.05, 0) is 30.2 Å². The predicted molar refractivity (Wildman–Crippen MR) is 112 cm³/mol. The van der Waals surface area contributed by atoms with Gasteiger partial charge in [0.2, 0.25) is 5.16 Å². The van der Waals surface area contributed by atoms with E-state index in [-0.39, 0.29) is 10.7 Å². The van der Waals surface area contributed by atoms with E-state index in [1.165, 1.54) is 40.7 Å². The van der Waals surface area contributed by atoms with Crippen molar-refractivity contribution in [3.05, 3.63) is 86.7 Å². The zero-order valence-corrected chi connectivity index (χ0v) is 16.9. The zero-order valence-electron chi connectivity index (χ0n) is 15.3. The molecular formula is C19H16ClN5O3S. The Hall–Kier alpha value is -3.17. The summed E-state index contributed by atoms with van der Waals surface area (Å²) in [5.74, 6) is 0.788. The molecular weight excluding hydrogens is 414 g/mol. The van der Waals surface area contributed by atoms with Gasteiger partial charge in [0, 0.05) is 17.9 Å². The van der Waals surface area contributed by atoms with Crippen molar-refractivity contribution in [3.63, 3.8) is 0 Å². The standard InChI is InChI=1S/C19H16ClN5O3S/c1-13-21-22-19(29-12-15-5-3-2-4-6-15)24(13)23-18(26)10-8-14-7-9-16(20)17(11-14)25(27)28/h2-11H,12H2,1H3,(H,23,26). The van der Waals surface area contributed by atoms with Crippen LogP contribution in [-0.4, -0.2) is 25.7 Å². The first-order chi connectivity index (χ1) is 13.9. The second-order valence-electron chi connectivity index (χ2n) is 5.92. The maximum Gasteiger partial charge on any atom is 0.288 e. The van der Waals surface area contributed by atoms with Gasteiger partial charge in [-0.25, -0.2) is 4.68 Å². The van der Waals surface area contributed by atoms with Crippen molar-refractivity contribution < 1.29 is 9.72 Å². The molecule has 8 nitrogen and oxygen atoms in total. The third kappa shape index (κ3) is 5.43. The lowest BCUT2D eigenvalue weighted by Crippen LogP contribution is -2.22. The Kier molecular flexibility index (Phi) is 6.63. The maximum absolute atomic E-state index is 12.3. The van der Waals surface area contributed by atoms with Gasteiger partial charge >= 0.3 is 0 Å². The second kappa shape index (κ2) is 9.35.